The lowest BCUT2D eigenvalue weighted by Crippen LogP contribution is -1.86. The minimum absolute atomic E-state index is 0.631. The van der Waals surface area contributed by atoms with E-state index in [1.165, 1.54) is 0 Å². The van der Waals surface area contributed by atoms with Gasteiger partial charge in [-0.3, -0.25) is 20.2 Å². The zero-order valence-corrected chi connectivity index (χ0v) is 15.0. The summed E-state index contributed by atoms with van der Waals surface area (Å²) in [6.45, 7) is 0. The number of aromatic nitrogens is 9. The first-order valence-corrected chi connectivity index (χ1v) is 8.95. The van der Waals surface area contributed by atoms with Crippen LogP contribution in [0.5, 0.6) is 0 Å². The molecule has 0 aliphatic carbocycles. The standard InChI is InChI=1S/C20H13N9/c1-2-15-18(25-14(1)12-7-23-24-8-12)19(29-28-15)20-26-16-10-22-9-13(17(16)27-20)11-3-5-21-6-4-11/h1-10H,(H,23,24)(H,26,27)(H,28,29). The summed E-state index contributed by atoms with van der Waals surface area (Å²) in [5.41, 5.74) is 7.53. The molecule has 3 N–H and O–H groups in total. The Balaban J connectivity index is 1.54. The molecule has 9 heteroatoms. The Kier molecular flexibility index (Phi) is 3.27. The molecule has 6 rings (SSSR count). The molecule has 0 atom stereocenters. The first-order chi connectivity index (χ1) is 14.4. The van der Waals surface area contributed by atoms with E-state index in [1.54, 1.807) is 31.0 Å². The van der Waals surface area contributed by atoms with Crippen LogP contribution in [0, 0.1) is 0 Å². The predicted molar refractivity (Wildman–Crippen MR) is 108 cm³/mol. The fourth-order valence-corrected chi connectivity index (χ4v) is 3.40. The molecule has 9 nitrogen and oxygen atoms in total. The van der Waals surface area contributed by atoms with Gasteiger partial charge in [0.15, 0.2) is 11.5 Å². The highest BCUT2D eigenvalue weighted by Gasteiger charge is 2.17. The quantitative estimate of drug-likeness (QED) is 0.433. The van der Waals surface area contributed by atoms with Gasteiger partial charge in [-0.25, -0.2) is 9.97 Å². The van der Waals surface area contributed by atoms with Gasteiger partial charge in [-0.2, -0.15) is 10.2 Å². The van der Waals surface area contributed by atoms with Gasteiger partial charge in [-0.05, 0) is 29.8 Å². The third-order valence-corrected chi connectivity index (χ3v) is 4.81. The van der Waals surface area contributed by atoms with E-state index in [9.17, 15) is 0 Å². The number of fused-ring (bicyclic) bond motifs is 2. The maximum atomic E-state index is 4.82. The maximum Gasteiger partial charge on any atom is 0.161 e. The van der Waals surface area contributed by atoms with Crippen LogP contribution in [0.3, 0.4) is 0 Å². The van der Waals surface area contributed by atoms with Crippen molar-refractivity contribution in [2.45, 2.75) is 0 Å². The van der Waals surface area contributed by atoms with Gasteiger partial charge >= 0.3 is 0 Å². The summed E-state index contributed by atoms with van der Waals surface area (Å²) in [5.74, 6) is 0.631. The van der Waals surface area contributed by atoms with Crippen molar-refractivity contribution in [3.63, 3.8) is 0 Å². The fraction of sp³-hybridized carbons (Fsp3) is 0. The molecule has 0 radical (unpaired) electrons. The van der Waals surface area contributed by atoms with Crippen molar-refractivity contribution in [2.24, 2.45) is 0 Å². The van der Waals surface area contributed by atoms with Crippen molar-refractivity contribution >= 4 is 22.1 Å². The smallest absolute Gasteiger partial charge is 0.161 e. The zero-order chi connectivity index (χ0) is 19.2. The van der Waals surface area contributed by atoms with Gasteiger partial charge in [0.1, 0.15) is 5.52 Å². The number of aromatic amines is 3. The van der Waals surface area contributed by atoms with Gasteiger partial charge in [0.2, 0.25) is 0 Å². The zero-order valence-electron chi connectivity index (χ0n) is 15.0. The minimum Gasteiger partial charge on any atom is -0.335 e. The monoisotopic (exact) mass is 379 g/mol. The molecule has 138 valence electrons. The molecule has 6 heterocycles. The Morgan fingerprint density at radius 1 is 0.759 bits per heavy atom. The molecular formula is C20H13N9. The number of H-pyrrole nitrogens is 3. The Morgan fingerprint density at radius 2 is 1.69 bits per heavy atom. The van der Waals surface area contributed by atoms with Crippen LogP contribution in [-0.2, 0) is 0 Å². The van der Waals surface area contributed by atoms with Crippen molar-refractivity contribution in [2.75, 3.05) is 0 Å². The molecule has 0 aliphatic heterocycles. The minimum atomic E-state index is 0.631. The molecule has 0 saturated carbocycles. The molecule has 0 amide bonds. The number of nitrogens with zero attached hydrogens (tertiary/aromatic N) is 6. The summed E-state index contributed by atoms with van der Waals surface area (Å²) in [4.78, 5) is 21.3. The average Bonchev–Trinajstić information content (AvgIpc) is 3.52. The summed E-state index contributed by atoms with van der Waals surface area (Å²) in [5, 5.41) is 14.3. The van der Waals surface area contributed by atoms with E-state index in [0.717, 1.165) is 44.5 Å². The topological polar surface area (TPSA) is 125 Å². The Morgan fingerprint density at radius 3 is 2.55 bits per heavy atom. The third-order valence-electron chi connectivity index (χ3n) is 4.81. The first kappa shape index (κ1) is 15.6. The summed E-state index contributed by atoms with van der Waals surface area (Å²) in [7, 11) is 0. The largest absolute Gasteiger partial charge is 0.335 e. The SMILES string of the molecule is c1cc(-c2cncc3[nH]c(-c4n[nH]c5ccc(-c6cn[nH]c6)nc45)nc23)ccn1. The van der Waals surface area contributed by atoms with E-state index < -0.39 is 0 Å². The molecule has 0 saturated heterocycles. The molecule has 0 bridgehead atoms. The molecule has 0 aromatic carbocycles. The second-order valence-corrected chi connectivity index (χ2v) is 6.56. The second-order valence-electron chi connectivity index (χ2n) is 6.56. The fourth-order valence-electron chi connectivity index (χ4n) is 3.40. The van der Waals surface area contributed by atoms with Crippen molar-refractivity contribution in [1.82, 2.24) is 45.3 Å². The van der Waals surface area contributed by atoms with E-state index in [0.29, 0.717) is 11.5 Å². The average molecular weight is 379 g/mol. The van der Waals surface area contributed by atoms with Gasteiger partial charge in [-0.1, -0.05) is 0 Å². The van der Waals surface area contributed by atoms with E-state index in [-0.39, 0.29) is 0 Å². The summed E-state index contributed by atoms with van der Waals surface area (Å²) < 4.78 is 0. The Labute approximate surface area is 163 Å². The van der Waals surface area contributed by atoms with E-state index in [4.69, 9.17) is 9.97 Å². The number of nitrogens with one attached hydrogen (secondary N) is 3. The summed E-state index contributed by atoms with van der Waals surface area (Å²) >= 11 is 0. The lowest BCUT2D eigenvalue weighted by Gasteiger charge is -2.00. The molecular weight excluding hydrogens is 366 g/mol. The van der Waals surface area contributed by atoms with Gasteiger partial charge in [-0.15, -0.1) is 0 Å². The van der Waals surface area contributed by atoms with E-state index in [2.05, 4.69) is 35.3 Å². The van der Waals surface area contributed by atoms with Crippen molar-refractivity contribution < 1.29 is 0 Å². The molecule has 0 aliphatic rings. The van der Waals surface area contributed by atoms with E-state index >= 15 is 0 Å². The molecule has 6 aromatic heterocycles. The van der Waals surface area contributed by atoms with Gasteiger partial charge in [0.25, 0.3) is 0 Å². The Hall–Kier alpha value is -4.40. The van der Waals surface area contributed by atoms with E-state index in [1.807, 2.05) is 30.5 Å². The third kappa shape index (κ3) is 2.48. The van der Waals surface area contributed by atoms with Gasteiger partial charge in [0.05, 0.1) is 34.6 Å². The maximum absolute atomic E-state index is 4.82. The number of rotatable bonds is 3. The van der Waals surface area contributed by atoms with Crippen LogP contribution in [0.25, 0.3) is 56.0 Å². The van der Waals surface area contributed by atoms with Crippen LogP contribution in [0.2, 0.25) is 0 Å². The van der Waals surface area contributed by atoms with Crippen molar-refractivity contribution in [1.29, 1.82) is 0 Å². The molecule has 0 spiro atoms. The summed E-state index contributed by atoms with van der Waals surface area (Å²) in [6, 6.07) is 7.76. The molecule has 0 unspecified atom stereocenters. The van der Waals surface area contributed by atoms with Crippen molar-refractivity contribution in [3.05, 3.63) is 61.4 Å². The highest BCUT2D eigenvalue weighted by Crippen LogP contribution is 2.30. The molecule has 29 heavy (non-hydrogen) atoms. The lowest BCUT2D eigenvalue weighted by molar-refractivity contribution is 1.09. The number of hydrogen-bond acceptors (Lipinski definition) is 6. The van der Waals surface area contributed by atoms with Crippen LogP contribution >= 0.6 is 0 Å². The number of pyridine rings is 3. The highest BCUT2D eigenvalue weighted by atomic mass is 15.2. The van der Waals surface area contributed by atoms with Gasteiger partial charge < -0.3 is 4.98 Å². The second kappa shape index (κ2) is 6.06. The van der Waals surface area contributed by atoms with Crippen LogP contribution in [-0.4, -0.2) is 45.3 Å². The normalized spacial score (nSPS) is 11.4. The molecule has 0 fully saturated rings. The summed E-state index contributed by atoms with van der Waals surface area (Å²) in [6.07, 6.45) is 10.6. The van der Waals surface area contributed by atoms with Crippen LogP contribution in [0.4, 0.5) is 0 Å². The van der Waals surface area contributed by atoms with Crippen LogP contribution < -0.4 is 0 Å². The van der Waals surface area contributed by atoms with Crippen LogP contribution in [0.15, 0.2) is 61.4 Å². The first-order valence-electron chi connectivity index (χ1n) is 8.95. The highest BCUT2D eigenvalue weighted by molar-refractivity contribution is 5.95. The number of imidazole rings is 1. The lowest BCUT2D eigenvalue weighted by atomic mass is 10.1. The van der Waals surface area contributed by atoms with Crippen LogP contribution in [0.1, 0.15) is 0 Å². The number of hydrogen-bond donors (Lipinski definition) is 3. The van der Waals surface area contributed by atoms with Crippen molar-refractivity contribution in [3.8, 4) is 33.9 Å². The Bertz CT molecular complexity index is 1450. The predicted octanol–water partition coefficient (Wildman–Crippen LogP) is 3.35. The molecule has 6 aromatic rings. The van der Waals surface area contributed by atoms with Gasteiger partial charge in [0, 0.05) is 35.9 Å².